The molecule has 3 N–H and O–H groups in total. The van der Waals surface area contributed by atoms with Gasteiger partial charge in [-0.25, -0.2) is 4.79 Å². The largest absolute Gasteiger partial charge is 0.425 e. The van der Waals surface area contributed by atoms with Crippen LogP contribution in [0.1, 0.15) is 9.75 Å². The van der Waals surface area contributed by atoms with Gasteiger partial charge in [-0.3, -0.25) is 10.3 Å². The maximum absolute atomic E-state index is 12.5. The third-order valence-electron chi connectivity index (χ3n) is 2.31. The number of carbonyl (C=O) groups excluding carboxylic acids is 1. The van der Waals surface area contributed by atoms with Crippen LogP contribution in [-0.4, -0.2) is 42.3 Å². The summed E-state index contributed by atoms with van der Waals surface area (Å²) in [5, 5.41) is 7.75. The van der Waals surface area contributed by atoms with Crippen molar-refractivity contribution >= 4 is 23.2 Å². The zero-order chi connectivity index (χ0) is 15.5. The predicted molar refractivity (Wildman–Crippen MR) is 70.7 cm³/mol. The zero-order valence-electron chi connectivity index (χ0n) is 11.0. The Labute approximate surface area is 118 Å². The second-order valence-electron chi connectivity index (χ2n) is 4.37. The molecular formula is C11H15F3N4OS. The van der Waals surface area contributed by atoms with Gasteiger partial charge in [0.1, 0.15) is 10.7 Å². The van der Waals surface area contributed by atoms with E-state index < -0.39 is 17.1 Å². The van der Waals surface area contributed by atoms with Crippen LogP contribution < -0.4 is 5.73 Å². The van der Waals surface area contributed by atoms with E-state index in [0.717, 1.165) is 11.0 Å². The summed E-state index contributed by atoms with van der Waals surface area (Å²) in [6.45, 7) is 0.0309. The Morgan fingerprint density at radius 1 is 1.40 bits per heavy atom. The second-order valence-corrected chi connectivity index (χ2v) is 5.54. The number of halogens is 3. The Morgan fingerprint density at radius 2 is 2.00 bits per heavy atom. The number of hydrogen-bond donors (Lipinski definition) is 2. The Morgan fingerprint density at radius 3 is 2.40 bits per heavy atom. The molecule has 20 heavy (non-hydrogen) atoms. The van der Waals surface area contributed by atoms with Crippen molar-refractivity contribution in [2.75, 3.05) is 20.6 Å². The number of thiophene rings is 1. The molecule has 1 aromatic rings. The topological polar surface area (TPSA) is 73.4 Å². The zero-order valence-corrected chi connectivity index (χ0v) is 11.8. The van der Waals surface area contributed by atoms with Crippen molar-refractivity contribution < 1.29 is 18.0 Å². The molecule has 0 aliphatic carbocycles. The van der Waals surface area contributed by atoms with Crippen LogP contribution in [-0.2, 0) is 12.7 Å². The van der Waals surface area contributed by atoms with E-state index in [1.807, 2.05) is 0 Å². The highest BCUT2D eigenvalue weighted by Crippen LogP contribution is 2.34. The number of amides is 2. The molecule has 2 amide bonds. The summed E-state index contributed by atoms with van der Waals surface area (Å²) < 4.78 is 37.5. The number of nitrogens with one attached hydrogen (secondary N) is 1. The molecule has 0 spiro atoms. The SMILES string of the molecule is CN(C)CC(=N)N(Cc1ccc(C(F)(F)F)s1)C(N)=O. The van der Waals surface area contributed by atoms with Gasteiger partial charge in [0.15, 0.2) is 0 Å². The minimum atomic E-state index is -4.41. The Kier molecular flexibility index (Phi) is 5.12. The van der Waals surface area contributed by atoms with Gasteiger partial charge in [0.25, 0.3) is 0 Å². The minimum Gasteiger partial charge on any atom is -0.351 e. The van der Waals surface area contributed by atoms with Gasteiger partial charge in [0.05, 0.1) is 13.1 Å². The van der Waals surface area contributed by atoms with Crippen LogP contribution >= 0.6 is 11.3 Å². The number of amidine groups is 1. The van der Waals surface area contributed by atoms with E-state index in [1.165, 1.54) is 6.07 Å². The van der Waals surface area contributed by atoms with Crippen molar-refractivity contribution in [3.05, 3.63) is 21.9 Å². The van der Waals surface area contributed by atoms with E-state index in [-0.39, 0.29) is 18.9 Å². The molecule has 1 heterocycles. The Balaban J connectivity index is 2.84. The summed E-state index contributed by atoms with van der Waals surface area (Å²) in [5.74, 6) is -0.0653. The van der Waals surface area contributed by atoms with E-state index in [4.69, 9.17) is 11.1 Å². The van der Waals surface area contributed by atoms with Gasteiger partial charge in [-0.15, -0.1) is 11.3 Å². The molecule has 5 nitrogen and oxygen atoms in total. The van der Waals surface area contributed by atoms with E-state index in [9.17, 15) is 18.0 Å². The summed E-state index contributed by atoms with van der Waals surface area (Å²) in [6.07, 6.45) is -4.41. The molecule has 0 atom stereocenters. The number of rotatable bonds is 4. The highest BCUT2D eigenvalue weighted by atomic mass is 32.1. The quantitative estimate of drug-likeness (QED) is 0.661. The smallest absolute Gasteiger partial charge is 0.351 e. The first-order chi connectivity index (χ1) is 9.11. The number of hydrogen-bond acceptors (Lipinski definition) is 4. The second kappa shape index (κ2) is 6.23. The maximum atomic E-state index is 12.5. The first kappa shape index (κ1) is 16.4. The van der Waals surface area contributed by atoms with Crippen LogP contribution in [0, 0.1) is 5.41 Å². The highest BCUT2D eigenvalue weighted by Gasteiger charge is 2.32. The number of urea groups is 1. The lowest BCUT2D eigenvalue weighted by Gasteiger charge is -2.22. The van der Waals surface area contributed by atoms with Crippen molar-refractivity contribution in [1.82, 2.24) is 9.80 Å². The average molecular weight is 308 g/mol. The molecule has 1 aromatic heterocycles. The van der Waals surface area contributed by atoms with Crippen LogP contribution in [0.15, 0.2) is 12.1 Å². The predicted octanol–water partition coefficient (Wildman–Crippen LogP) is 2.19. The van der Waals surface area contributed by atoms with Gasteiger partial charge in [-0.05, 0) is 26.2 Å². The molecule has 0 saturated heterocycles. The molecule has 0 saturated carbocycles. The molecule has 0 bridgehead atoms. The summed E-state index contributed by atoms with van der Waals surface area (Å²) in [6, 6.07) is 1.37. The minimum absolute atomic E-state index is 0.0653. The first-order valence-corrected chi connectivity index (χ1v) is 6.38. The van der Waals surface area contributed by atoms with Crippen LogP contribution in [0.4, 0.5) is 18.0 Å². The molecule has 0 radical (unpaired) electrons. The monoisotopic (exact) mass is 308 g/mol. The third-order valence-corrected chi connectivity index (χ3v) is 3.43. The van der Waals surface area contributed by atoms with E-state index in [1.54, 1.807) is 19.0 Å². The van der Waals surface area contributed by atoms with Crippen LogP contribution in [0.3, 0.4) is 0 Å². The standard InChI is InChI=1S/C11H15F3N4OS/c1-17(2)6-9(15)18(10(16)19)5-7-3-4-8(20-7)11(12,13)14/h3-4,15H,5-6H2,1-2H3,(H2,16,19). The van der Waals surface area contributed by atoms with Gasteiger partial charge in [0.2, 0.25) is 0 Å². The Hall–Kier alpha value is -1.61. The maximum Gasteiger partial charge on any atom is 0.425 e. The fourth-order valence-corrected chi connectivity index (χ4v) is 2.33. The number of carbonyl (C=O) groups is 1. The molecule has 0 aliphatic heterocycles. The lowest BCUT2D eigenvalue weighted by molar-refractivity contribution is -0.134. The summed E-state index contributed by atoms with van der Waals surface area (Å²) in [5.41, 5.74) is 5.16. The number of nitrogens with zero attached hydrogens (tertiary/aromatic N) is 2. The van der Waals surface area contributed by atoms with Gasteiger partial charge < -0.3 is 10.6 Å². The van der Waals surface area contributed by atoms with Crippen molar-refractivity contribution in [3.8, 4) is 0 Å². The van der Waals surface area contributed by atoms with E-state index >= 15 is 0 Å². The molecule has 0 unspecified atom stereocenters. The van der Waals surface area contributed by atoms with Crippen molar-refractivity contribution in [1.29, 1.82) is 5.41 Å². The number of likely N-dealkylation sites (N-methyl/N-ethyl adjacent to an activating group) is 1. The number of primary amides is 1. The third kappa shape index (κ3) is 4.49. The van der Waals surface area contributed by atoms with Gasteiger partial charge in [0, 0.05) is 4.88 Å². The van der Waals surface area contributed by atoms with E-state index in [0.29, 0.717) is 16.2 Å². The van der Waals surface area contributed by atoms with Crippen molar-refractivity contribution in [3.63, 3.8) is 0 Å². The summed E-state index contributed by atoms with van der Waals surface area (Å²) in [7, 11) is 3.42. The van der Waals surface area contributed by atoms with Crippen molar-refractivity contribution in [2.24, 2.45) is 5.73 Å². The van der Waals surface area contributed by atoms with E-state index in [2.05, 4.69) is 0 Å². The Bertz CT molecular complexity index is 498. The average Bonchev–Trinajstić information content (AvgIpc) is 2.72. The van der Waals surface area contributed by atoms with Gasteiger partial charge >= 0.3 is 12.2 Å². The molecule has 0 aromatic carbocycles. The van der Waals surface area contributed by atoms with Crippen LogP contribution in [0.25, 0.3) is 0 Å². The fourth-order valence-electron chi connectivity index (χ4n) is 1.46. The number of alkyl halides is 3. The van der Waals surface area contributed by atoms with Crippen LogP contribution in [0.5, 0.6) is 0 Å². The first-order valence-electron chi connectivity index (χ1n) is 5.56. The molecule has 0 fully saturated rings. The van der Waals surface area contributed by atoms with Gasteiger partial charge in [-0.2, -0.15) is 13.2 Å². The summed E-state index contributed by atoms with van der Waals surface area (Å²) in [4.78, 5) is 13.5. The molecular weight excluding hydrogens is 293 g/mol. The molecule has 0 aliphatic rings. The molecule has 1 rings (SSSR count). The highest BCUT2D eigenvalue weighted by molar-refractivity contribution is 7.12. The van der Waals surface area contributed by atoms with Gasteiger partial charge in [-0.1, -0.05) is 0 Å². The lowest BCUT2D eigenvalue weighted by atomic mass is 10.3. The summed E-state index contributed by atoms with van der Waals surface area (Å²) >= 11 is 0.537. The molecule has 9 heteroatoms. The normalized spacial score (nSPS) is 11.7. The lowest BCUT2D eigenvalue weighted by Crippen LogP contribution is -2.43. The molecule has 112 valence electrons. The fraction of sp³-hybridized carbons (Fsp3) is 0.455. The van der Waals surface area contributed by atoms with Crippen LogP contribution in [0.2, 0.25) is 0 Å². The number of nitrogens with two attached hydrogens (primary N) is 1. The van der Waals surface area contributed by atoms with Crippen molar-refractivity contribution in [2.45, 2.75) is 12.7 Å².